The van der Waals surface area contributed by atoms with Gasteiger partial charge in [0.1, 0.15) is 0 Å². The van der Waals surface area contributed by atoms with Gasteiger partial charge in [-0.3, -0.25) is 19.3 Å². The monoisotopic (exact) mass is 442 g/mol. The SMILES string of the molecule is O=C1[C@@H]2[C@H]3C(CCC[C@H]3NC(=O)C(Cl)(Cl)Cl)CC[C@@H]2C(=O)N1c1ccccc1. The van der Waals surface area contributed by atoms with Crippen molar-refractivity contribution in [2.45, 2.75) is 41.9 Å². The minimum Gasteiger partial charge on any atom is -0.349 e. The number of para-hydroxylation sites is 1. The Morgan fingerprint density at radius 1 is 1.00 bits per heavy atom. The van der Waals surface area contributed by atoms with Crippen LogP contribution >= 0.6 is 34.8 Å². The molecule has 5 nitrogen and oxygen atoms in total. The molecule has 8 heteroatoms. The molecule has 28 heavy (non-hydrogen) atoms. The largest absolute Gasteiger partial charge is 0.349 e. The van der Waals surface area contributed by atoms with Crippen molar-refractivity contribution in [2.75, 3.05) is 4.90 Å². The molecule has 1 aromatic rings. The Bertz CT molecular complexity index is 796. The van der Waals surface area contributed by atoms with Gasteiger partial charge in [-0.1, -0.05) is 65.8 Å². The molecule has 2 aliphatic carbocycles. The normalized spacial score (nSPS) is 32.7. The van der Waals surface area contributed by atoms with Gasteiger partial charge < -0.3 is 5.32 Å². The van der Waals surface area contributed by atoms with E-state index in [1.807, 2.05) is 18.2 Å². The molecule has 0 radical (unpaired) electrons. The second-order valence-electron chi connectivity index (χ2n) is 7.90. The second-order valence-corrected chi connectivity index (χ2v) is 10.2. The quantitative estimate of drug-likeness (QED) is 0.557. The van der Waals surface area contributed by atoms with Crippen molar-refractivity contribution in [1.82, 2.24) is 5.32 Å². The Morgan fingerprint density at radius 2 is 1.71 bits per heavy atom. The molecular formula is C20H21Cl3N2O3. The van der Waals surface area contributed by atoms with Crippen LogP contribution < -0.4 is 10.2 Å². The first kappa shape index (κ1) is 20.0. The Balaban J connectivity index is 1.64. The highest BCUT2D eigenvalue weighted by molar-refractivity contribution is 6.76. The lowest BCUT2D eigenvalue weighted by molar-refractivity contribution is -0.129. The van der Waals surface area contributed by atoms with Gasteiger partial charge in [0, 0.05) is 6.04 Å². The van der Waals surface area contributed by atoms with Crippen molar-refractivity contribution in [3.05, 3.63) is 30.3 Å². The molecule has 3 amide bonds. The first-order valence-corrected chi connectivity index (χ1v) is 10.7. The van der Waals surface area contributed by atoms with Gasteiger partial charge in [0.15, 0.2) is 0 Å². The number of rotatable bonds is 2. The first-order valence-electron chi connectivity index (χ1n) is 9.59. The Morgan fingerprint density at radius 3 is 2.39 bits per heavy atom. The number of carbonyl (C=O) groups excluding carboxylic acids is 3. The predicted octanol–water partition coefficient (Wildman–Crippen LogP) is 3.86. The molecule has 1 aromatic carbocycles. The Labute approximate surface area is 178 Å². The number of nitrogens with zero attached hydrogens (tertiary/aromatic N) is 1. The summed E-state index contributed by atoms with van der Waals surface area (Å²) in [6.45, 7) is 0. The second kappa shape index (κ2) is 7.51. The zero-order valence-electron chi connectivity index (χ0n) is 15.1. The number of hydrogen-bond donors (Lipinski definition) is 1. The van der Waals surface area contributed by atoms with Crippen LogP contribution in [-0.2, 0) is 14.4 Å². The van der Waals surface area contributed by atoms with Gasteiger partial charge >= 0.3 is 0 Å². The smallest absolute Gasteiger partial charge is 0.272 e. The zero-order valence-corrected chi connectivity index (χ0v) is 17.4. The average molecular weight is 444 g/mol. The van der Waals surface area contributed by atoms with E-state index >= 15 is 0 Å². The maximum atomic E-state index is 13.3. The van der Waals surface area contributed by atoms with E-state index < -0.39 is 15.6 Å². The molecule has 3 aliphatic rings. The third-order valence-corrected chi connectivity index (χ3v) is 6.94. The molecule has 4 rings (SSSR count). The number of fused-ring (bicyclic) bond motifs is 3. The highest BCUT2D eigenvalue weighted by Gasteiger charge is 2.57. The minimum atomic E-state index is -2.05. The van der Waals surface area contributed by atoms with Crippen LogP contribution in [-0.4, -0.2) is 27.6 Å². The van der Waals surface area contributed by atoms with Crippen LogP contribution in [0.1, 0.15) is 32.1 Å². The summed E-state index contributed by atoms with van der Waals surface area (Å²) in [5.74, 6) is -1.62. The number of benzene rings is 1. The van der Waals surface area contributed by atoms with Crippen molar-refractivity contribution in [3.8, 4) is 0 Å². The molecule has 1 aliphatic heterocycles. The molecule has 0 bridgehead atoms. The maximum absolute atomic E-state index is 13.3. The number of imide groups is 1. The molecule has 1 heterocycles. The van der Waals surface area contributed by atoms with Crippen molar-refractivity contribution in [3.63, 3.8) is 0 Å². The van der Waals surface area contributed by atoms with Crippen molar-refractivity contribution in [1.29, 1.82) is 0 Å². The standard InChI is InChI=1S/C20H21Cl3N2O3/c21-20(22,23)19(28)24-14-8-4-5-11-9-10-13-16(15(11)14)18(27)25(17(13)26)12-6-2-1-3-7-12/h1-3,6-7,11,13-16H,4-5,8-10H2,(H,24,28)/t11?,13-,14+,15-,16-/m0/s1. The van der Waals surface area contributed by atoms with Crippen LogP contribution in [0, 0.1) is 23.7 Å². The van der Waals surface area contributed by atoms with Gasteiger partial charge in [0.25, 0.3) is 9.70 Å². The van der Waals surface area contributed by atoms with E-state index in [0.29, 0.717) is 18.5 Å². The predicted molar refractivity (Wildman–Crippen MR) is 108 cm³/mol. The Kier molecular flexibility index (Phi) is 5.36. The van der Waals surface area contributed by atoms with E-state index in [9.17, 15) is 14.4 Å². The summed E-state index contributed by atoms with van der Waals surface area (Å²) < 4.78 is -2.05. The van der Waals surface area contributed by atoms with Gasteiger partial charge in [-0.15, -0.1) is 0 Å². The Hall–Kier alpha value is -1.30. The number of anilines is 1. The molecule has 1 N–H and O–H groups in total. The first-order chi connectivity index (χ1) is 13.3. The maximum Gasteiger partial charge on any atom is 0.272 e. The van der Waals surface area contributed by atoms with Crippen molar-refractivity contribution >= 4 is 58.2 Å². The highest BCUT2D eigenvalue weighted by Crippen LogP contribution is 2.51. The molecule has 2 saturated carbocycles. The summed E-state index contributed by atoms with van der Waals surface area (Å²) >= 11 is 17.2. The number of amides is 3. The van der Waals surface area contributed by atoms with E-state index in [1.165, 1.54) is 4.90 Å². The molecule has 3 fully saturated rings. The lowest BCUT2D eigenvalue weighted by Crippen LogP contribution is -2.54. The van der Waals surface area contributed by atoms with Gasteiger partial charge in [0.05, 0.1) is 17.5 Å². The van der Waals surface area contributed by atoms with E-state index in [2.05, 4.69) is 5.32 Å². The van der Waals surface area contributed by atoms with Crippen LogP contribution in [0.4, 0.5) is 5.69 Å². The fourth-order valence-corrected chi connectivity index (χ4v) is 5.49. The van der Waals surface area contributed by atoms with E-state index in [-0.39, 0.29) is 35.6 Å². The average Bonchev–Trinajstić information content (AvgIpc) is 2.92. The number of carbonyl (C=O) groups is 3. The van der Waals surface area contributed by atoms with E-state index in [0.717, 1.165) is 19.3 Å². The van der Waals surface area contributed by atoms with Crippen molar-refractivity contribution in [2.24, 2.45) is 23.7 Å². The van der Waals surface area contributed by atoms with E-state index in [1.54, 1.807) is 12.1 Å². The molecule has 0 aromatic heterocycles. The molecule has 1 unspecified atom stereocenters. The summed E-state index contributed by atoms with van der Waals surface area (Å²) in [6.07, 6.45) is 4.21. The number of hydrogen-bond acceptors (Lipinski definition) is 3. The van der Waals surface area contributed by atoms with Gasteiger partial charge in [-0.2, -0.15) is 0 Å². The number of halogens is 3. The molecule has 1 saturated heterocycles. The molecular weight excluding hydrogens is 423 g/mol. The van der Waals surface area contributed by atoms with Crippen LogP contribution in [0.5, 0.6) is 0 Å². The van der Waals surface area contributed by atoms with Crippen LogP contribution in [0.2, 0.25) is 0 Å². The molecule has 5 atom stereocenters. The lowest BCUT2D eigenvalue weighted by atomic mass is 9.60. The lowest BCUT2D eigenvalue weighted by Gasteiger charge is -2.45. The zero-order chi connectivity index (χ0) is 20.1. The van der Waals surface area contributed by atoms with Crippen LogP contribution in [0.3, 0.4) is 0 Å². The fraction of sp³-hybridized carbons (Fsp3) is 0.550. The van der Waals surface area contributed by atoms with Gasteiger partial charge in [-0.05, 0) is 43.2 Å². The summed E-state index contributed by atoms with van der Waals surface area (Å²) in [5, 5.41) is 2.84. The van der Waals surface area contributed by atoms with E-state index in [4.69, 9.17) is 34.8 Å². The summed E-state index contributed by atoms with van der Waals surface area (Å²) in [5.41, 5.74) is 0.598. The fourth-order valence-electron chi connectivity index (χ4n) is 5.32. The number of nitrogens with one attached hydrogen (secondary N) is 1. The van der Waals surface area contributed by atoms with Crippen LogP contribution in [0.25, 0.3) is 0 Å². The highest BCUT2D eigenvalue weighted by atomic mass is 35.6. The number of alkyl halides is 3. The van der Waals surface area contributed by atoms with Crippen LogP contribution in [0.15, 0.2) is 30.3 Å². The summed E-state index contributed by atoms with van der Waals surface area (Å²) in [4.78, 5) is 40.0. The topological polar surface area (TPSA) is 66.5 Å². The van der Waals surface area contributed by atoms with Crippen molar-refractivity contribution < 1.29 is 14.4 Å². The molecule has 0 spiro atoms. The summed E-state index contributed by atoms with van der Waals surface area (Å²) in [7, 11) is 0. The third-order valence-electron chi connectivity index (χ3n) is 6.43. The minimum absolute atomic E-state index is 0.117. The van der Waals surface area contributed by atoms with Gasteiger partial charge in [0.2, 0.25) is 11.8 Å². The summed E-state index contributed by atoms with van der Waals surface area (Å²) in [6, 6.07) is 8.74. The van der Waals surface area contributed by atoms with Gasteiger partial charge in [-0.25, -0.2) is 0 Å². The third kappa shape index (κ3) is 3.42. The molecule has 150 valence electrons.